The van der Waals surface area contributed by atoms with Crippen molar-refractivity contribution < 1.29 is 4.79 Å². The Kier molecular flexibility index (Phi) is 5.71. The molecule has 2 rings (SSSR count). The van der Waals surface area contributed by atoms with E-state index in [9.17, 15) is 4.79 Å². The van der Waals surface area contributed by atoms with Crippen LogP contribution in [0.4, 0.5) is 5.82 Å². The van der Waals surface area contributed by atoms with E-state index in [1.54, 1.807) is 6.92 Å². The van der Waals surface area contributed by atoms with Crippen LogP contribution in [0.2, 0.25) is 0 Å². The zero-order valence-corrected chi connectivity index (χ0v) is 13.7. The smallest absolute Gasteiger partial charge is 0.244 e. The van der Waals surface area contributed by atoms with Crippen LogP contribution in [0.5, 0.6) is 0 Å². The largest absolute Gasteiger partial charge is 0.370 e. The van der Waals surface area contributed by atoms with Crippen molar-refractivity contribution in [2.45, 2.75) is 25.8 Å². The Bertz CT molecular complexity index is 623. The minimum Gasteiger partial charge on any atom is -0.370 e. The Labute approximate surface area is 137 Å². The highest BCUT2D eigenvalue weighted by Gasteiger charge is 2.29. The van der Waals surface area contributed by atoms with Crippen molar-refractivity contribution in [2.75, 3.05) is 18.4 Å². The topological polar surface area (TPSA) is 80.0 Å². The molecule has 1 unspecified atom stereocenters. The third kappa shape index (κ3) is 4.79. The highest BCUT2D eigenvalue weighted by molar-refractivity contribution is 5.86. The van der Waals surface area contributed by atoms with Crippen LogP contribution >= 0.6 is 0 Å². The number of nitrogens with two attached hydrogens (primary N) is 1. The highest BCUT2D eigenvalue weighted by atomic mass is 16.2. The second-order valence-corrected chi connectivity index (χ2v) is 5.83. The predicted molar refractivity (Wildman–Crippen MR) is 93.1 cm³/mol. The first-order chi connectivity index (χ1) is 11.0. The fraction of sp³-hybridized carbons (Fsp3) is 0.333. The summed E-state index contributed by atoms with van der Waals surface area (Å²) in [4.78, 5) is 16.5. The molecule has 0 spiro atoms. The van der Waals surface area contributed by atoms with Gasteiger partial charge in [0.2, 0.25) is 5.91 Å². The minimum atomic E-state index is -1.02. The molecule has 0 saturated carbocycles. The Morgan fingerprint density at radius 3 is 2.57 bits per heavy atom. The van der Waals surface area contributed by atoms with Gasteiger partial charge in [-0.3, -0.25) is 4.79 Å². The summed E-state index contributed by atoms with van der Waals surface area (Å²) in [7, 11) is 0. The van der Waals surface area contributed by atoms with Gasteiger partial charge < -0.3 is 16.4 Å². The fourth-order valence-electron chi connectivity index (χ4n) is 2.18. The molecule has 23 heavy (non-hydrogen) atoms. The molecular weight excluding hydrogens is 288 g/mol. The first-order valence-corrected chi connectivity index (χ1v) is 7.79. The number of nitrogens with zero attached hydrogens (tertiary/aromatic N) is 1. The zero-order valence-electron chi connectivity index (χ0n) is 13.7. The second-order valence-electron chi connectivity index (χ2n) is 5.83. The van der Waals surface area contributed by atoms with Gasteiger partial charge in [-0.1, -0.05) is 36.4 Å². The third-order valence-electron chi connectivity index (χ3n) is 3.70. The molecule has 5 heteroatoms. The van der Waals surface area contributed by atoms with Crippen molar-refractivity contribution in [2.24, 2.45) is 5.73 Å². The number of hydrogen-bond donors (Lipinski definition) is 3. The number of nitrogens with one attached hydrogen (secondary N) is 2. The molecule has 1 heterocycles. The first kappa shape index (κ1) is 17.0. The monoisotopic (exact) mass is 312 g/mol. The lowest BCUT2D eigenvalue weighted by Gasteiger charge is -2.24. The van der Waals surface area contributed by atoms with E-state index < -0.39 is 5.54 Å². The molecule has 0 radical (unpaired) electrons. The summed E-state index contributed by atoms with van der Waals surface area (Å²) in [5.41, 5.74) is 7.08. The van der Waals surface area contributed by atoms with Gasteiger partial charge in [-0.25, -0.2) is 4.98 Å². The van der Waals surface area contributed by atoms with Crippen molar-refractivity contribution in [3.05, 3.63) is 59.8 Å². The normalized spacial score (nSPS) is 13.2. The van der Waals surface area contributed by atoms with Gasteiger partial charge >= 0.3 is 0 Å². The molecule has 1 aromatic heterocycles. The maximum atomic E-state index is 12.3. The van der Waals surface area contributed by atoms with E-state index in [-0.39, 0.29) is 5.91 Å². The lowest BCUT2D eigenvalue weighted by atomic mass is 9.92. The molecule has 0 aliphatic carbocycles. The van der Waals surface area contributed by atoms with Crippen LogP contribution in [-0.4, -0.2) is 24.0 Å². The average Bonchev–Trinajstić information content (AvgIpc) is 2.57. The average molecular weight is 312 g/mol. The number of hydrogen-bond acceptors (Lipinski definition) is 4. The number of pyridine rings is 1. The van der Waals surface area contributed by atoms with Crippen LogP contribution in [0, 0.1) is 6.92 Å². The lowest BCUT2D eigenvalue weighted by Crippen LogP contribution is -2.49. The number of carbonyl (C=O) groups is 1. The molecule has 4 N–H and O–H groups in total. The van der Waals surface area contributed by atoms with Crippen LogP contribution in [0.25, 0.3) is 0 Å². The van der Waals surface area contributed by atoms with Crippen molar-refractivity contribution in [1.82, 2.24) is 10.3 Å². The Balaban J connectivity index is 1.73. The van der Waals surface area contributed by atoms with Gasteiger partial charge in [0.05, 0.1) is 0 Å². The number of aromatic nitrogens is 1. The molecule has 5 nitrogen and oxygen atoms in total. The number of rotatable bonds is 7. The van der Waals surface area contributed by atoms with Gasteiger partial charge in [-0.2, -0.15) is 0 Å². The van der Waals surface area contributed by atoms with E-state index in [1.165, 1.54) is 0 Å². The Hall–Kier alpha value is -2.40. The number of aryl methyl sites for hydroxylation is 1. The molecule has 1 amide bonds. The molecule has 2 aromatic rings. The van der Waals surface area contributed by atoms with Crippen LogP contribution in [0.1, 0.15) is 24.5 Å². The van der Waals surface area contributed by atoms with Gasteiger partial charge in [0, 0.05) is 19.3 Å². The van der Waals surface area contributed by atoms with Crippen molar-refractivity contribution in [3.63, 3.8) is 0 Å². The molecule has 0 aliphatic heterocycles. The summed E-state index contributed by atoms with van der Waals surface area (Å²) in [6.07, 6.45) is 2.62. The maximum Gasteiger partial charge on any atom is 0.244 e. The van der Waals surface area contributed by atoms with E-state index in [0.717, 1.165) is 29.9 Å². The molecule has 0 fully saturated rings. The van der Waals surface area contributed by atoms with Gasteiger partial charge in [-0.15, -0.1) is 0 Å². The fourth-order valence-corrected chi connectivity index (χ4v) is 2.18. The third-order valence-corrected chi connectivity index (χ3v) is 3.70. The highest BCUT2D eigenvalue weighted by Crippen LogP contribution is 2.17. The summed E-state index contributed by atoms with van der Waals surface area (Å²) in [5, 5.41) is 6.11. The Morgan fingerprint density at radius 2 is 1.91 bits per heavy atom. The van der Waals surface area contributed by atoms with E-state index in [1.807, 2.05) is 55.6 Å². The van der Waals surface area contributed by atoms with Crippen LogP contribution in [0.3, 0.4) is 0 Å². The van der Waals surface area contributed by atoms with E-state index in [2.05, 4.69) is 15.6 Å². The van der Waals surface area contributed by atoms with Crippen LogP contribution < -0.4 is 16.4 Å². The molecule has 122 valence electrons. The summed E-state index contributed by atoms with van der Waals surface area (Å²) < 4.78 is 0. The SMILES string of the molecule is Cc1ccc(NCCCNC(=O)C(C)(N)c2ccccc2)nc1. The van der Waals surface area contributed by atoms with Crippen LogP contribution in [0.15, 0.2) is 48.7 Å². The summed E-state index contributed by atoms with van der Waals surface area (Å²) in [6.45, 7) is 5.04. The van der Waals surface area contributed by atoms with E-state index in [4.69, 9.17) is 5.73 Å². The van der Waals surface area contributed by atoms with Gasteiger partial charge in [0.25, 0.3) is 0 Å². The molecule has 0 saturated heterocycles. The van der Waals surface area contributed by atoms with Crippen molar-refractivity contribution >= 4 is 11.7 Å². The molecule has 1 aromatic carbocycles. The predicted octanol–water partition coefficient (Wildman–Crippen LogP) is 2.18. The first-order valence-electron chi connectivity index (χ1n) is 7.79. The molecule has 0 bridgehead atoms. The lowest BCUT2D eigenvalue weighted by molar-refractivity contribution is -0.126. The number of amides is 1. The Morgan fingerprint density at radius 1 is 1.17 bits per heavy atom. The summed E-state index contributed by atoms with van der Waals surface area (Å²) >= 11 is 0. The second kappa shape index (κ2) is 7.74. The van der Waals surface area contributed by atoms with Gasteiger partial charge in [-0.05, 0) is 37.5 Å². The standard InChI is InChI=1S/C18H24N4O/c1-14-9-10-16(22-13-14)20-11-6-12-21-17(23)18(2,19)15-7-4-3-5-8-15/h3-5,7-10,13H,6,11-12,19H2,1-2H3,(H,20,22)(H,21,23). The van der Waals surface area contributed by atoms with Crippen molar-refractivity contribution in [3.8, 4) is 0 Å². The molecule has 0 aliphatic rings. The minimum absolute atomic E-state index is 0.169. The van der Waals surface area contributed by atoms with Crippen LogP contribution in [-0.2, 0) is 10.3 Å². The summed E-state index contributed by atoms with van der Waals surface area (Å²) in [5.74, 6) is 0.673. The number of benzene rings is 1. The molecular formula is C18H24N4O. The van der Waals surface area contributed by atoms with Gasteiger partial charge in [0.15, 0.2) is 0 Å². The summed E-state index contributed by atoms with van der Waals surface area (Å²) in [6, 6.07) is 13.4. The number of carbonyl (C=O) groups excluding carboxylic acids is 1. The number of anilines is 1. The van der Waals surface area contributed by atoms with E-state index in [0.29, 0.717) is 6.54 Å². The van der Waals surface area contributed by atoms with E-state index >= 15 is 0 Å². The van der Waals surface area contributed by atoms with Crippen molar-refractivity contribution in [1.29, 1.82) is 0 Å². The molecule has 1 atom stereocenters. The quantitative estimate of drug-likeness (QED) is 0.685. The maximum absolute atomic E-state index is 12.3. The van der Waals surface area contributed by atoms with Gasteiger partial charge in [0.1, 0.15) is 11.4 Å². The zero-order chi connectivity index (χ0) is 16.7.